The minimum Gasteiger partial charge on any atom is -0.497 e. The molecule has 2 heterocycles. The summed E-state index contributed by atoms with van der Waals surface area (Å²) in [6, 6.07) is 18.1. The quantitative estimate of drug-likeness (QED) is 0.500. The molecule has 0 aliphatic carbocycles. The second-order valence-corrected chi connectivity index (χ2v) is 6.58. The molecule has 0 fully saturated rings. The van der Waals surface area contributed by atoms with Gasteiger partial charge in [-0.15, -0.1) is 11.3 Å². The van der Waals surface area contributed by atoms with Gasteiger partial charge in [0.1, 0.15) is 16.8 Å². The van der Waals surface area contributed by atoms with Gasteiger partial charge in [0.2, 0.25) is 0 Å². The first-order valence-corrected chi connectivity index (χ1v) is 8.94. The number of benzene rings is 2. The Bertz CT molecular complexity index is 1130. The molecule has 0 amide bonds. The van der Waals surface area contributed by atoms with Crippen molar-refractivity contribution in [2.24, 2.45) is 0 Å². The predicted molar refractivity (Wildman–Crippen MR) is 106 cm³/mol. The fourth-order valence-corrected chi connectivity index (χ4v) is 3.60. The number of aromatic amines is 1. The number of ether oxygens (including phenoxy) is 1. The molecule has 0 radical (unpaired) electrons. The number of hydrogen-bond acceptors (Lipinski definition) is 4. The van der Waals surface area contributed by atoms with Crippen molar-refractivity contribution < 1.29 is 4.74 Å². The number of nitrogens with one attached hydrogen (secondary N) is 1. The van der Waals surface area contributed by atoms with Gasteiger partial charge in [-0.05, 0) is 36.4 Å². The monoisotopic (exact) mass is 357 g/mol. The molecule has 0 saturated heterocycles. The van der Waals surface area contributed by atoms with Gasteiger partial charge >= 0.3 is 0 Å². The lowest BCUT2D eigenvalue weighted by atomic mass is 10.1. The van der Waals surface area contributed by atoms with Gasteiger partial charge in [0.25, 0.3) is 0 Å². The highest BCUT2D eigenvalue weighted by atomic mass is 32.1. The van der Waals surface area contributed by atoms with Crippen LogP contribution in [0.15, 0.2) is 60.1 Å². The summed E-state index contributed by atoms with van der Waals surface area (Å²) in [6.07, 6.45) is 3.80. The number of fused-ring (bicyclic) bond motifs is 1. The Labute approximate surface area is 155 Å². The van der Waals surface area contributed by atoms with Gasteiger partial charge < -0.3 is 9.72 Å². The zero-order valence-corrected chi connectivity index (χ0v) is 14.9. The SMILES string of the molecule is COc1ccc(-c2csc(/C(C#N)=C\c3c[nH]c4ccccc34)n2)cc1. The van der Waals surface area contributed by atoms with E-state index in [4.69, 9.17) is 4.74 Å². The van der Waals surface area contributed by atoms with Crippen LogP contribution in [-0.2, 0) is 0 Å². The number of para-hydroxylation sites is 1. The summed E-state index contributed by atoms with van der Waals surface area (Å²) < 4.78 is 5.19. The van der Waals surface area contributed by atoms with Crippen molar-refractivity contribution in [2.75, 3.05) is 7.11 Å². The molecule has 2 aromatic heterocycles. The molecule has 1 N–H and O–H groups in total. The Morgan fingerprint density at radius 2 is 2.00 bits per heavy atom. The molecule has 0 unspecified atom stereocenters. The largest absolute Gasteiger partial charge is 0.497 e. The average Bonchev–Trinajstić information content (AvgIpc) is 3.34. The Morgan fingerprint density at radius 1 is 1.19 bits per heavy atom. The number of nitriles is 1. The number of H-pyrrole nitrogens is 1. The van der Waals surface area contributed by atoms with Gasteiger partial charge in [0.05, 0.1) is 18.4 Å². The molecule has 2 aromatic carbocycles. The van der Waals surface area contributed by atoms with Crippen LogP contribution in [0.3, 0.4) is 0 Å². The summed E-state index contributed by atoms with van der Waals surface area (Å²) in [5.74, 6) is 0.807. The molecule has 0 spiro atoms. The second kappa shape index (κ2) is 6.87. The molecular weight excluding hydrogens is 342 g/mol. The summed E-state index contributed by atoms with van der Waals surface area (Å²) in [7, 11) is 1.64. The van der Waals surface area contributed by atoms with Crippen molar-refractivity contribution in [1.29, 1.82) is 5.26 Å². The lowest BCUT2D eigenvalue weighted by molar-refractivity contribution is 0.415. The van der Waals surface area contributed by atoms with Crippen LogP contribution in [0.1, 0.15) is 10.6 Å². The Morgan fingerprint density at radius 3 is 2.77 bits per heavy atom. The van der Waals surface area contributed by atoms with Gasteiger partial charge in [0.15, 0.2) is 0 Å². The number of nitrogens with zero attached hydrogens (tertiary/aromatic N) is 2. The van der Waals surface area contributed by atoms with E-state index in [0.29, 0.717) is 10.6 Å². The smallest absolute Gasteiger partial charge is 0.134 e. The summed E-state index contributed by atoms with van der Waals surface area (Å²) in [5, 5.41) is 13.4. The fraction of sp³-hybridized carbons (Fsp3) is 0.0476. The Balaban J connectivity index is 1.69. The average molecular weight is 357 g/mol. The van der Waals surface area contributed by atoms with Crippen molar-refractivity contribution >= 4 is 33.9 Å². The van der Waals surface area contributed by atoms with Gasteiger partial charge in [0, 0.05) is 33.6 Å². The summed E-state index contributed by atoms with van der Waals surface area (Å²) in [5.41, 5.74) is 4.44. The minimum atomic E-state index is 0.555. The van der Waals surface area contributed by atoms with Crippen LogP contribution in [0.2, 0.25) is 0 Å². The number of rotatable bonds is 4. The lowest BCUT2D eigenvalue weighted by Gasteiger charge is -2.00. The van der Waals surface area contributed by atoms with Crippen LogP contribution < -0.4 is 4.74 Å². The van der Waals surface area contributed by atoms with E-state index in [1.807, 2.05) is 66.2 Å². The fourth-order valence-electron chi connectivity index (χ4n) is 2.80. The normalized spacial score (nSPS) is 11.5. The summed E-state index contributed by atoms with van der Waals surface area (Å²) >= 11 is 1.47. The predicted octanol–water partition coefficient (Wildman–Crippen LogP) is 5.36. The Kier molecular flexibility index (Phi) is 4.26. The first-order valence-electron chi connectivity index (χ1n) is 8.07. The van der Waals surface area contributed by atoms with Crippen molar-refractivity contribution in [1.82, 2.24) is 9.97 Å². The maximum Gasteiger partial charge on any atom is 0.134 e. The summed E-state index contributed by atoms with van der Waals surface area (Å²) in [4.78, 5) is 7.87. The standard InChI is InChI=1S/C21H15N3OS/c1-25-17-8-6-14(7-9-17)20-13-26-21(24-20)15(11-22)10-16-12-23-19-5-3-2-4-18(16)19/h2-10,12-13,23H,1H3/b15-10-. The molecule has 0 bridgehead atoms. The van der Waals surface area contributed by atoms with Gasteiger partial charge in [-0.25, -0.2) is 4.98 Å². The van der Waals surface area contributed by atoms with Crippen LogP contribution in [0, 0.1) is 11.3 Å². The van der Waals surface area contributed by atoms with E-state index in [2.05, 4.69) is 16.0 Å². The van der Waals surface area contributed by atoms with E-state index in [9.17, 15) is 5.26 Å². The number of aromatic nitrogens is 2. The molecule has 4 nitrogen and oxygen atoms in total. The van der Waals surface area contributed by atoms with Crippen molar-refractivity contribution in [3.8, 4) is 23.1 Å². The van der Waals surface area contributed by atoms with Gasteiger partial charge in [-0.1, -0.05) is 18.2 Å². The maximum absolute atomic E-state index is 9.62. The minimum absolute atomic E-state index is 0.555. The van der Waals surface area contributed by atoms with E-state index in [-0.39, 0.29) is 0 Å². The first kappa shape index (κ1) is 16.1. The van der Waals surface area contributed by atoms with Crippen LogP contribution in [-0.4, -0.2) is 17.1 Å². The highest BCUT2D eigenvalue weighted by Gasteiger charge is 2.10. The third-order valence-corrected chi connectivity index (χ3v) is 5.04. The maximum atomic E-state index is 9.62. The molecular formula is C21H15N3OS. The molecule has 0 saturated carbocycles. The molecule has 26 heavy (non-hydrogen) atoms. The second-order valence-electron chi connectivity index (χ2n) is 5.73. The van der Waals surface area contributed by atoms with Crippen LogP contribution in [0.25, 0.3) is 33.8 Å². The van der Waals surface area contributed by atoms with E-state index in [1.165, 1.54) is 11.3 Å². The highest BCUT2D eigenvalue weighted by Crippen LogP contribution is 2.29. The zero-order chi connectivity index (χ0) is 17.9. The van der Waals surface area contributed by atoms with Gasteiger partial charge in [-0.3, -0.25) is 0 Å². The molecule has 0 aliphatic rings. The molecule has 0 aliphatic heterocycles. The lowest BCUT2D eigenvalue weighted by Crippen LogP contribution is -1.84. The summed E-state index contributed by atoms with van der Waals surface area (Å²) in [6.45, 7) is 0. The number of thiazole rings is 1. The molecule has 126 valence electrons. The number of allylic oxidation sites excluding steroid dienone is 1. The third kappa shape index (κ3) is 2.99. The Hall–Kier alpha value is -3.36. The van der Waals surface area contributed by atoms with Gasteiger partial charge in [-0.2, -0.15) is 5.26 Å². The highest BCUT2D eigenvalue weighted by molar-refractivity contribution is 7.11. The molecule has 4 aromatic rings. The van der Waals surface area contributed by atoms with Crippen LogP contribution >= 0.6 is 11.3 Å². The van der Waals surface area contributed by atoms with E-state index >= 15 is 0 Å². The van der Waals surface area contributed by atoms with Crippen molar-refractivity contribution in [3.05, 3.63) is 70.7 Å². The topological polar surface area (TPSA) is 61.7 Å². The number of hydrogen-bond donors (Lipinski definition) is 1. The number of methoxy groups -OCH3 is 1. The van der Waals surface area contributed by atoms with E-state index in [0.717, 1.165) is 33.5 Å². The molecule has 4 rings (SSSR count). The van der Waals surface area contributed by atoms with Crippen LogP contribution in [0.5, 0.6) is 5.75 Å². The zero-order valence-electron chi connectivity index (χ0n) is 14.1. The molecule has 0 atom stereocenters. The van der Waals surface area contributed by atoms with Crippen molar-refractivity contribution in [3.63, 3.8) is 0 Å². The third-order valence-electron chi connectivity index (χ3n) is 4.16. The van der Waals surface area contributed by atoms with E-state index < -0.39 is 0 Å². The van der Waals surface area contributed by atoms with E-state index in [1.54, 1.807) is 7.11 Å². The molecule has 5 heteroatoms. The van der Waals surface area contributed by atoms with Crippen molar-refractivity contribution in [2.45, 2.75) is 0 Å². The van der Waals surface area contributed by atoms with Crippen LogP contribution in [0.4, 0.5) is 0 Å². The first-order chi connectivity index (χ1) is 12.8.